The molecule has 98 valence electrons. The number of rotatable bonds is 4. The molecule has 1 aromatic rings. The van der Waals surface area contributed by atoms with Crippen LogP contribution in [0.3, 0.4) is 0 Å². The molecule has 1 aromatic carbocycles. The molecule has 1 aliphatic rings. The van der Waals surface area contributed by atoms with E-state index in [2.05, 4.69) is 5.32 Å². The lowest BCUT2D eigenvalue weighted by Crippen LogP contribution is -2.42. The summed E-state index contributed by atoms with van der Waals surface area (Å²) in [5.41, 5.74) is 0.947. The van der Waals surface area contributed by atoms with Gasteiger partial charge < -0.3 is 15.3 Å². The van der Waals surface area contributed by atoms with E-state index >= 15 is 0 Å². The SMILES string of the molecule is CCN(C(=O)NC1CC1)[C@H](C)c1cccc(O)c1. The second-order valence-electron chi connectivity index (χ2n) is 4.78. The Morgan fingerprint density at radius 3 is 2.83 bits per heavy atom. The molecule has 0 radical (unpaired) electrons. The van der Waals surface area contributed by atoms with Gasteiger partial charge in [0.2, 0.25) is 0 Å². The van der Waals surface area contributed by atoms with Crippen LogP contribution in [-0.4, -0.2) is 28.6 Å². The molecular weight excluding hydrogens is 228 g/mol. The highest BCUT2D eigenvalue weighted by molar-refractivity contribution is 5.75. The number of hydrogen-bond acceptors (Lipinski definition) is 2. The summed E-state index contributed by atoms with van der Waals surface area (Å²) in [7, 11) is 0. The molecule has 0 aromatic heterocycles. The number of amides is 2. The number of carbonyl (C=O) groups is 1. The van der Waals surface area contributed by atoms with E-state index < -0.39 is 0 Å². The zero-order chi connectivity index (χ0) is 13.1. The van der Waals surface area contributed by atoms with Crippen LogP contribution in [0.4, 0.5) is 4.79 Å². The van der Waals surface area contributed by atoms with Crippen LogP contribution in [0, 0.1) is 0 Å². The normalized spacial score (nSPS) is 16.1. The third-order valence-corrected chi connectivity index (χ3v) is 3.33. The number of hydrogen-bond donors (Lipinski definition) is 2. The maximum atomic E-state index is 12.1. The molecule has 0 saturated heterocycles. The Morgan fingerprint density at radius 2 is 2.28 bits per heavy atom. The molecule has 2 N–H and O–H groups in total. The van der Waals surface area contributed by atoms with E-state index in [1.165, 1.54) is 0 Å². The molecule has 1 fully saturated rings. The molecule has 2 rings (SSSR count). The van der Waals surface area contributed by atoms with Gasteiger partial charge in [0.1, 0.15) is 5.75 Å². The summed E-state index contributed by atoms with van der Waals surface area (Å²) >= 11 is 0. The predicted octanol–water partition coefficient (Wildman–Crippen LogP) is 2.65. The van der Waals surface area contributed by atoms with E-state index in [0.717, 1.165) is 18.4 Å². The molecule has 0 heterocycles. The Kier molecular flexibility index (Phi) is 3.75. The molecule has 1 atom stereocenters. The zero-order valence-electron chi connectivity index (χ0n) is 10.9. The van der Waals surface area contributed by atoms with Crippen LogP contribution < -0.4 is 5.32 Å². The van der Waals surface area contributed by atoms with Crippen LogP contribution in [0.5, 0.6) is 5.75 Å². The van der Waals surface area contributed by atoms with Gasteiger partial charge in [0.25, 0.3) is 0 Å². The molecule has 0 aliphatic heterocycles. The summed E-state index contributed by atoms with van der Waals surface area (Å²) in [6, 6.07) is 7.37. The predicted molar refractivity (Wildman–Crippen MR) is 70.5 cm³/mol. The highest BCUT2D eigenvalue weighted by Gasteiger charge is 2.27. The van der Waals surface area contributed by atoms with Gasteiger partial charge in [-0.3, -0.25) is 0 Å². The van der Waals surface area contributed by atoms with Crippen LogP contribution in [0.2, 0.25) is 0 Å². The largest absolute Gasteiger partial charge is 0.508 e. The minimum absolute atomic E-state index is 0.0177. The van der Waals surface area contributed by atoms with Gasteiger partial charge in [-0.05, 0) is 44.4 Å². The van der Waals surface area contributed by atoms with Crippen molar-refractivity contribution in [2.24, 2.45) is 0 Å². The summed E-state index contributed by atoms with van der Waals surface area (Å²) < 4.78 is 0. The lowest BCUT2D eigenvalue weighted by atomic mass is 10.1. The van der Waals surface area contributed by atoms with Crippen molar-refractivity contribution in [3.63, 3.8) is 0 Å². The van der Waals surface area contributed by atoms with E-state index in [9.17, 15) is 9.90 Å². The van der Waals surface area contributed by atoms with Crippen molar-refractivity contribution < 1.29 is 9.90 Å². The first-order chi connectivity index (χ1) is 8.61. The fourth-order valence-corrected chi connectivity index (χ4v) is 2.04. The fraction of sp³-hybridized carbons (Fsp3) is 0.500. The molecule has 0 spiro atoms. The second-order valence-corrected chi connectivity index (χ2v) is 4.78. The summed E-state index contributed by atoms with van der Waals surface area (Å²) in [6.07, 6.45) is 2.17. The second kappa shape index (κ2) is 5.29. The number of urea groups is 1. The number of phenols is 1. The van der Waals surface area contributed by atoms with Gasteiger partial charge in [-0.25, -0.2) is 4.79 Å². The van der Waals surface area contributed by atoms with E-state index in [-0.39, 0.29) is 17.8 Å². The van der Waals surface area contributed by atoms with Gasteiger partial charge in [0, 0.05) is 12.6 Å². The van der Waals surface area contributed by atoms with E-state index in [0.29, 0.717) is 12.6 Å². The fourth-order valence-electron chi connectivity index (χ4n) is 2.04. The molecular formula is C14H20N2O2. The Labute approximate surface area is 108 Å². The van der Waals surface area contributed by atoms with Gasteiger partial charge >= 0.3 is 6.03 Å². The van der Waals surface area contributed by atoms with Crippen LogP contribution in [0.15, 0.2) is 24.3 Å². The van der Waals surface area contributed by atoms with Gasteiger partial charge in [0.05, 0.1) is 6.04 Å². The smallest absolute Gasteiger partial charge is 0.318 e. The van der Waals surface area contributed by atoms with Gasteiger partial charge in [-0.1, -0.05) is 12.1 Å². The molecule has 2 amide bonds. The van der Waals surface area contributed by atoms with E-state index in [4.69, 9.17) is 0 Å². The molecule has 18 heavy (non-hydrogen) atoms. The molecule has 4 nitrogen and oxygen atoms in total. The molecule has 1 aliphatic carbocycles. The van der Waals surface area contributed by atoms with Crippen molar-refractivity contribution in [1.82, 2.24) is 10.2 Å². The minimum Gasteiger partial charge on any atom is -0.508 e. The zero-order valence-corrected chi connectivity index (χ0v) is 10.9. The van der Waals surface area contributed by atoms with Gasteiger partial charge in [0.15, 0.2) is 0 Å². The summed E-state index contributed by atoms with van der Waals surface area (Å²) in [5, 5.41) is 12.5. The highest BCUT2D eigenvalue weighted by Crippen LogP contribution is 2.25. The number of aromatic hydroxyl groups is 1. The van der Waals surface area contributed by atoms with Crippen LogP contribution in [0.25, 0.3) is 0 Å². The molecule has 4 heteroatoms. The summed E-state index contributed by atoms with van der Waals surface area (Å²) in [6.45, 7) is 4.59. The maximum absolute atomic E-state index is 12.1. The van der Waals surface area contributed by atoms with Crippen molar-refractivity contribution in [2.75, 3.05) is 6.54 Å². The highest BCUT2D eigenvalue weighted by atomic mass is 16.3. The maximum Gasteiger partial charge on any atom is 0.318 e. The standard InChI is InChI=1S/C14H20N2O2/c1-3-16(14(18)15-12-7-8-12)10(2)11-5-4-6-13(17)9-11/h4-6,9-10,12,17H,3,7-8H2,1-2H3,(H,15,18)/t10-/m1/s1. The Bertz CT molecular complexity index is 430. The topological polar surface area (TPSA) is 52.6 Å². The Hall–Kier alpha value is -1.71. The van der Waals surface area contributed by atoms with E-state index in [1.54, 1.807) is 23.1 Å². The summed E-state index contributed by atoms with van der Waals surface area (Å²) in [5.74, 6) is 0.234. The van der Waals surface area contributed by atoms with Crippen molar-refractivity contribution in [1.29, 1.82) is 0 Å². The van der Waals surface area contributed by atoms with Crippen molar-refractivity contribution in [3.05, 3.63) is 29.8 Å². The van der Waals surface area contributed by atoms with Crippen LogP contribution >= 0.6 is 0 Å². The molecule has 0 unspecified atom stereocenters. The van der Waals surface area contributed by atoms with E-state index in [1.807, 2.05) is 19.9 Å². The number of nitrogens with one attached hydrogen (secondary N) is 1. The molecule has 1 saturated carbocycles. The first-order valence-electron chi connectivity index (χ1n) is 6.48. The number of nitrogens with zero attached hydrogens (tertiary/aromatic N) is 1. The third kappa shape index (κ3) is 2.94. The van der Waals surface area contributed by atoms with Crippen LogP contribution in [0.1, 0.15) is 38.3 Å². The number of carbonyl (C=O) groups excluding carboxylic acids is 1. The first kappa shape index (κ1) is 12.7. The monoisotopic (exact) mass is 248 g/mol. The minimum atomic E-state index is -0.0409. The average Bonchev–Trinajstić information content (AvgIpc) is 3.13. The average molecular weight is 248 g/mol. The number of benzene rings is 1. The van der Waals surface area contributed by atoms with Crippen molar-refractivity contribution >= 4 is 6.03 Å². The third-order valence-electron chi connectivity index (χ3n) is 3.33. The van der Waals surface area contributed by atoms with Crippen molar-refractivity contribution in [3.8, 4) is 5.75 Å². The Balaban J connectivity index is 2.08. The van der Waals surface area contributed by atoms with Gasteiger partial charge in [-0.2, -0.15) is 0 Å². The van der Waals surface area contributed by atoms with Gasteiger partial charge in [-0.15, -0.1) is 0 Å². The number of phenolic OH excluding ortho intramolecular Hbond substituents is 1. The Morgan fingerprint density at radius 1 is 1.56 bits per heavy atom. The van der Waals surface area contributed by atoms with Crippen LogP contribution in [-0.2, 0) is 0 Å². The van der Waals surface area contributed by atoms with Crippen molar-refractivity contribution in [2.45, 2.75) is 38.8 Å². The molecule has 0 bridgehead atoms. The lowest BCUT2D eigenvalue weighted by molar-refractivity contribution is 0.182. The lowest BCUT2D eigenvalue weighted by Gasteiger charge is -2.28. The first-order valence-corrected chi connectivity index (χ1v) is 6.48. The quantitative estimate of drug-likeness (QED) is 0.860. The summed E-state index contributed by atoms with van der Waals surface area (Å²) in [4.78, 5) is 13.9.